The molecule has 0 spiro atoms. The average Bonchev–Trinajstić information content (AvgIpc) is 2.61. The predicted molar refractivity (Wildman–Crippen MR) is 95.3 cm³/mol. The van der Waals surface area contributed by atoms with Crippen LogP contribution in [0.1, 0.15) is 19.4 Å². The summed E-state index contributed by atoms with van der Waals surface area (Å²) in [4.78, 5) is 25.3. The van der Waals surface area contributed by atoms with Crippen molar-refractivity contribution in [2.45, 2.75) is 20.0 Å². The molecule has 0 radical (unpaired) electrons. The highest BCUT2D eigenvalue weighted by molar-refractivity contribution is 5.80. The molecule has 0 atom stereocenters. The van der Waals surface area contributed by atoms with Crippen LogP contribution in [0.25, 0.3) is 0 Å². The highest BCUT2D eigenvalue weighted by Gasteiger charge is 2.06. The third kappa shape index (κ3) is 6.19. The van der Waals surface area contributed by atoms with E-state index in [1.165, 1.54) is 12.1 Å². The Kier molecular flexibility index (Phi) is 6.60. The molecule has 0 aliphatic rings. The molecule has 0 amide bonds. The lowest BCUT2D eigenvalue weighted by atomic mass is 10.2. The van der Waals surface area contributed by atoms with E-state index in [0.717, 1.165) is 11.8 Å². The zero-order valence-electron chi connectivity index (χ0n) is 14.3. The van der Waals surface area contributed by atoms with Crippen molar-refractivity contribution in [3.63, 3.8) is 0 Å². The second kappa shape index (κ2) is 9.11. The summed E-state index contributed by atoms with van der Waals surface area (Å²) in [6.07, 6.45) is 2.52. The van der Waals surface area contributed by atoms with Crippen LogP contribution < -0.4 is 10.2 Å². The Morgan fingerprint density at radius 1 is 1.31 bits per heavy atom. The molecule has 26 heavy (non-hydrogen) atoms. The number of esters is 1. The second-order valence-corrected chi connectivity index (χ2v) is 5.43. The number of aromatic nitrogens is 1. The van der Waals surface area contributed by atoms with Crippen molar-refractivity contribution in [1.29, 1.82) is 0 Å². The number of rotatable bonds is 8. The Morgan fingerprint density at radius 3 is 2.62 bits per heavy atom. The number of nitrogens with zero attached hydrogens (tertiary/aromatic N) is 3. The number of pyridine rings is 1. The summed E-state index contributed by atoms with van der Waals surface area (Å²) < 4.78 is 10.3. The quantitative estimate of drug-likeness (QED) is 0.334. The molecule has 136 valence electrons. The van der Waals surface area contributed by atoms with Crippen LogP contribution in [0.2, 0.25) is 0 Å². The number of hydrazone groups is 1. The molecule has 0 bridgehead atoms. The van der Waals surface area contributed by atoms with Crippen LogP contribution in [0.4, 0.5) is 11.5 Å². The van der Waals surface area contributed by atoms with Gasteiger partial charge in [0.25, 0.3) is 5.69 Å². The molecule has 1 N–H and O–H groups in total. The second-order valence-electron chi connectivity index (χ2n) is 5.43. The normalized spacial score (nSPS) is 10.7. The van der Waals surface area contributed by atoms with E-state index in [2.05, 4.69) is 15.5 Å². The minimum atomic E-state index is -0.522. The lowest BCUT2D eigenvalue weighted by molar-refractivity contribution is -0.385. The molecule has 0 aliphatic heterocycles. The summed E-state index contributed by atoms with van der Waals surface area (Å²) in [5.74, 6) is 0.494. The van der Waals surface area contributed by atoms with Crippen LogP contribution in [-0.2, 0) is 9.53 Å². The summed E-state index contributed by atoms with van der Waals surface area (Å²) >= 11 is 0. The zero-order chi connectivity index (χ0) is 18.9. The van der Waals surface area contributed by atoms with Gasteiger partial charge in [0, 0.05) is 6.07 Å². The first-order chi connectivity index (χ1) is 12.4. The standard InChI is InChI=1S/C17H18N4O5/c1-12(2)26-17(22)11-25-15-6-3-13(4-7-15)9-19-20-16-8-5-14(10-18-16)21(23)24/h3-10,12H,11H2,1-2H3,(H,18,20)/b19-9+. The van der Waals surface area contributed by atoms with Crippen molar-refractivity contribution in [2.75, 3.05) is 12.0 Å². The maximum absolute atomic E-state index is 11.4. The largest absolute Gasteiger partial charge is 0.482 e. The van der Waals surface area contributed by atoms with E-state index < -0.39 is 10.9 Å². The summed E-state index contributed by atoms with van der Waals surface area (Å²) in [5.41, 5.74) is 3.37. The van der Waals surface area contributed by atoms with Crippen molar-refractivity contribution < 1.29 is 19.2 Å². The van der Waals surface area contributed by atoms with Gasteiger partial charge in [0.15, 0.2) is 6.61 Å². The van der Waals surface area contributed by atoms with Crippen molar-refractivity contribution in [3.8, 4) is 5.75 Å². The monoisotopic (exact) mass is 358 g/mol. The minimum absolute atomic E-state index is 0.0904. The number of nitro groups is 1. The number of carbonyl (C=O) groups is 1. The number of ether oxygens (including phenoxy) is 2. The molecule has 1 heterocycles. The maximum Gasteiger partial charge on any atom is 0.344 e. The van der Waals surface area contributed by atoms with Crippen molar-refractivity contribution in [1.82, 2.24) is 4.98 Å². The van der Waals surface area contributed by atoms with Crippen molar-refractivity contribution >= 4 is 23.7 Å². The molecule has 1 aromatic carbocycles. The predicted octanol–water partition coefficient (Wildman–Crippen LogP) is 2.77. The lowest BCUT2D eigenvalue weighted by Crippen LogP contribution is -2.18. The molecule has 0 fully saturated rings. The number of hydrogen-bond donors (Lipinski definition) is 1. The SMILES string of the molecule is CC(C)OC(=O)COc1ccc(/C=N/Nc2ccc([N+](=O)[O-])cn2)cc1. The highest BCUT2D eigenvalue weighted by atomic mass is 16.6. The summed E-state index contributed by atoms with van der Waals surface area (Å²) in [7, 11) is 0. The van der Waals surface area contributed by atoms with Gasteiger partial charge in [-0.3, -0.25) is 15.5 Å². The number of hydrogen-bond acceptors (Lipinski definition) is 8. The van der Waals surface area contributed by atoms with Gasteiger partial charge in [-0.2, -0.15) is 5.10 Å². The van der Waals surface area contributed by atoms with E-state index in [1.807, 2.05) is 0 Å². The molecule has 0 unspecified atom stereocenters. The Bertz CT molecular complexity index is 773. The maximum atomic E-state index is 11.4. The first-order valence-corrected chi connectivity index (χ1v) is 7.76. The van der Waals surface area contributed by atoms with Gasteiger partial charge < -0.3 is 9.47 Å². The van der Waals surface area contributed by atoms with Crippen LogP contribution in [0, 0.1) is 10.1 Å². The van der Waals surface area contributed by atoms with Gasteiger partial charge >= 0.3 is 5.97 Å². The molecule has 1 aromatic heterocycles. The fraction of sp³-hybridized carbons (Fsp3) is 0.235. The van der Waals surface area contributed by atoms with E-state index in [4.69, 9.17) is 9.47 Å². The van der Waals surface area contributed by atoms with Crippen molar-refractivity contribution in [3.05, 3.63) is 58.3 Å². The van der Waals surface area contributed by atoms with Crippen LogP contribution in [0.15, 0.2) is 47.7 Å². The molecule has 2 rings (SSSR count). The van der Waals surface area contributed by atoms with Gasteiger partial charge in [-0.25, -0.2) is 9.78 Å². The molecule has 0 saturated carbocycles. The van der Waals surface area contributed by atoms with Crippen molar-refractivity contribution in [2.24, 2.45) is 5.10 Å². The lowest BCUT2D eigenvalue weighted by Gasteiger charge is -2.09. The van der Waals surface area contributed by atoms with E-state index in [-0.39, 0.29) is 18.4 Å². The molecule has 2 aromatic rings. The van der Waals surface area contributed by atoms with Gasteiger partial charge in [-0.05, 0) is 49.7 Å². The highest BCUT2D eigenvalue weighted by Crippen LogP contribution is 2.13. The zero-order valence-corrected chi connectivity index (χ0v) is 14.3. The molecule has 0 saturated heterocycles. The van der Waals surface area contributed by atoms with Crippen LogP contribution in [0.5, 0.6) is 5.75 Å². The molecule has 9 nitrogen and oxygen atoms in total. The smallest absolute Gasteiger partial charge is 0.344 e. The van der Waals surface area contributed by atoms with Gasteiger partial charge in [0.05, 0.1) is 17.2 Å². The molecular weight excluding hydrogens is 340 g/mol. The Morgan fingerprint density at radius 2 is 2.04 bits per heavy atom. The van der Waals surface area contributed by atoms with E-state index >= 15 is 0 Å². The summed E-state index contributed by atoms with van der Waals surface area (Å²) in [6, 6.07) is 9.72. The Balaban J connectivity index is 1.83. The average molecular weight is 358 g/mol. The molecule has 0 aliphatic carbocycles. The van der Waals surface area contributed by atoms with Crippen LogP contribution >= 0.6 is 0 Å². The first-order valence-electron chi connectivity index (χ1n) is 7.76. The van der Waals surface area contributed by atoms with Gasteiger partial charge in [0.1, 0.15) is 17.8 Å². The summed E-state index contributed by atoms with van der Waals surface area (Å²) in [5, 5.41) is 14.5. The Labute approximate surface area is 149 Å². The number of benzene rings is 1. The minimum Gasteiger partial charge on any atom is -0.482 e. The molecule has 9 heteroatoms. The third-order valence-electron chi connectivity index (χ3n) is 2.96. The van der Waals surface area contributed by atoms with Crippen LogP contribution in [-0.4, -0.2) is 34.8 Å². The Hall–Kier alpha value is -3.49. The number of nitrogens with one attached hydrogen (secondary N) is 1. The van der Waals surface area contributed by atoms with E-state index in [1.54, 1.807) is 44.3 Å². The van der Waals surface area contributed by atoms with Gasteiger partial charge in [-0.15, -0.1) is 0 Å². The van der Waals surface area contributed by atoms with E-state index in [0.29, 0.717) is 11.6 Å². The van der Waals surface area contributed by atoms with Gasteiger partial charge in [-0.1, -0.05) is 0 Å². The summed E-state index contributed by atoms with van der Waals surface area (Å²) in [6.45, 7) is 3.39. The number of carbonyl (C=O) groups excluding carboxylic acids is 1. The third-order valence-corrected chi connectivity index (χ3v) is 2.96. The number of anilines is 1. The van der Waals surface area contributed by atoms with Crippen LogP contribution in [0.3, 0.4) is 0 Å². The van der Waals surface area contributed by atoms with Gasteiger partial charge in [0.2, 0.25) is 0 Å². The molecular formula is C17H18N4O5. The topological polar surface area (TPSA) is 116 Å². The fourth-order valence-corrected chi connectivity index (χ4v) is 1.82. The fourth-order valence-electron chi connectivity index (χ4n) is 1.82. The van der Waals surface area contributed by atoms with E-state index in [9.17, 15) is 14.9 Å². The first kappa shape index (κ1) is 18.8.